The van der Waals surface area contributed by atoms with Gasteiger partial charge in [0, 0.05) is 11.3 Å². The van der Waals surface area contributed by atoms with Crippen molar-refractivity contribution in [2.75, 3.05) is 6.67 Å². The van der Waals surface area contributed by atoms with Gasteiger partial charge in [-0.05, 0) is 38.6 Å². The fourth-order valence-electron chi connectivity index (χ4n) is 4.59. The molecule has 3 aromatic carbocycles. The van der Waals surface area contributed by atoms with Gasteiger partial charge in [0.2, 0.25) is 0 Å². The second-order valence-electron chi connectivity index (χ2n) is 7.04. The van der Waals surface area contributed by atoms with Gasteiger partial charge >= 0.3 is 0 Å². The van der Waals surface area contributed by atoms with Crippen molar-refractivity contribution in [2.45, 2.75) is 6.04 Å². The highest BCUT2D eigenvalue weighted by Gasteiger charge is 2.25. The van der Waals surface area contributed by atoms with Crippen molar-refractivity contribution in [2.24, 2.45) is 0 Å². The first-order chi connectivity index (χ1) is 12.9. The Hall–Kier alpha value is -3.10. The van der Waals surface area contributed by atoms with Crippen LogP contribution in [0, 0.1) is 0 Å². The molecule has 0 bridgehead atoms. The maximum atomic E-state index is 3.59. The first-order valence-electron chi connectivity index (χ1n) is 9.14. The van der Waals surface area contributed by atoms with Gasteiger partial charge in [-0.15, -0.1) is 0 Å². The average molecular weight is 334 g/mol. The maximum Gasteiger partial charge on any atom is 0.0660 e. The number of fused-ring (bicyclic) bond motifs is 4. The molecule has 0 radical (unpaired) electrons. The summed E-state index contributed by atoms with van der Waals surface area (Å²) in [7, 11) is 0. The summed E-state index contributed by atoms with van der Waals surface area (Å²) in [4.78, 5) is 0. The average Bonchev–Trinajstić information content (AvgIpc) is 3.04. The molecule has 3 aromatic rings. The fourth-order valence-corrected chi connectivity index (χ4v) is 4.59. The summed E-state index contributed by atoms with van der Waals surface area (Å²) in [5.74, 6) is 0. The smallest absolute Gasteiger partial charge is 0.0660 e. The third-order valence-electron chi connectivity index (χ3n) is 5.72. The Balaban J connectivity index is 1.67. The molecule has 0 aromatic heterocycles. The summed E-state index contributed by atoms with van der Waals surface area (Å²) in [6, 6.07) is 20.3. The largest absolute Gasteiger partial charge is 0.372 e. The Labute approximate surface area is 152 Å². The van der Waals surface area contributed by atoms with Gasteiger partial charge in [-0.1, -0.05) is 78.9 Å². The minimum atomic E-state index is 0.288. The van der Waals surface area contributed by atoms with Gasteiger partial charge in [-0.3, -0.25) is 5.32 Å². The normalized spacial score (nSPS) is 19.5. The lowest BCUT2D eigenvalue weighted by Gasteiger charge is -2.30. The first kappa shape index (κ1) is 14.1. The van der Waals surface area contributed by atoms with Gasteiger partial charge in [0.25, 0.3) is 0 Å². The molecule has 2 aliphatic carbocycles. The molecule has 26 heavy (non-hydrogen) atoms. The summed E-state index contributed by atoms with van der Waals surface area (Å²) in [6.45, 7) is 0.783. The zero-order valence-electron chi connectivity index (χ0n) is 14.3. The topological polar surface area (TPSA) is 24.1 Å². The minimum Gasteiger partial charge on any atom is -0.372 e. The molecule has 1 unspecified atom stereocenters. The van der Waals surface area contributed by atoms with Gasteiger partial charge in [-0.25, -0.2) is 0 Å². The predicted molar refractivity (Wildman–Crippen MR) is 109 cm³/mol. The van der Waals surface area contributed by atoms with Crippen LogP contribution in [0.15, 0.2) is 84.5 Å². The second kappa shape index (κ2) is 5.20. The van der Waals surface area contributed by atoms with Crippen LogP contribution < -0.4 is 10.6 Å². The van der Waals surface area contributed by atoms with Gasteiger partial charge in [0.15, 0.2) is 0 Å². The van der Waals surface area contributed by atoms with Crippen LogP contribution in [0.1, 0.15) is 5.56 Å². The van der Waals surface area contributed by atoms with Crippen LogP contribution in [0.2, 0.25) is 0 Å². The van der Waals surface area contributed by atoms with Crippen LogP contribution in [0.5, 0.6) is 0 Å². The Morgan fingerprint density at radius 1 is 0.731 bits per heavy atom. The van der Waals surface area contributed by atoms with Crippen LogP contribution in [0.4, 0.5) is 0 Å². The van der Waals surface area contributed by atoms with E-state index in [4.69, 9.17) is 0 Å². The quantitative estimate of drug-likeness (QED) is 0.520. The van der Waals surface area contributed by atoms with E-state index >= 15 is 0 Å². The molecule has 1 aliphatic heterocycles. The molecule has 3 aliphatic rings. The van der Waals surface area contributed by atoms with E-state index < -0.39 is 0 Å². The SMILES string of the molecule is C1=CC2=C(c3ccc4c5c(cccc35)-c3ccccc3-4)NCNC2C=C1. The number of hydrogen-bond donors (Lipinski definition) is 2. The molecule has 1 atom stereocenters. The zero-order chi connectivity index (χ0) is 17.1. The molecule has 1 heterocycles. The zero-order valence-corrected chi connectivity index (χ0v) is 14.3. The molecule has 124 valence electrons. The van der Waals surface area contributed by atoms with Crippen LogP contribution >= 0.6 is 0 Å². The van der Waals surface area contributed by atoms with E-state index in [2.05, 4.69) is 89.5 Å². The molecular weight excluding hydrogens is 316 g/mol. The molecule has 0 spiro atoms. The minimum absolute atomic E-state index is 0.288. The van der Waals surface area contributed by atoms with Gasteiger partial charge in [0.1, 0.15) is 0 Å². The van der Waals surface area contributed by atoms with E-state index in [-0.39, 0.29) is 6.04 Å². The van der Waals surface area contributed by atoms with Gasteiger partial charge in [-0.2, -0.15) is 0 Å². The van der Waals surface area contributed by atoms with E-state index in [1.807, 2.05) is 0 Å². The lowest BCUT2D eigenvalue weighted by molar-refractivity contribution is 0.600. The Bertz CT molecular complexity index is 1130. The number of hydrogen-bond acceptors (Lipinski definition) is 2. The number of rotatable bonds is 1. The highest BCUT2D eigenvalue weighted by molar-refractivity contribution is 6.17. The number of benzene rings is 3. The van der Waals surface area contributed by atoms with E-state index in [1.54, 1.807) is 0 Å². The van der Waals surface area contributed by atoms with Gasteiger partial charge < -0.3 is 5.32 Å². The Morgan fingerprint density at radius 3 is 2.38 bits per heavy atom. The van der Waals surface area contributed by atoms with Crippen molar-refractivity contribution in [1.82, 2.24) is 10.6 Å². The number of allylic oxidation sites excluding steroid dienone is 2. The van der Waals surface area contributed by atoms with E-state index in [1.165, 1.54) is 49.9 Å². The molecule has 0 amide bonds. The summed E-state index contributed by atoms with van der Waals surface area (Å²) in [6.07, 6.45) is 8.69. The highest BCUT2D eigenvalue weighted by Crippen LogP contribution is 2.48. The fraction of sp³-hybridized carbons (Fsp3) is 0.0833. The van der Waals surface area contributed by atoms with Crippen molar-refractivity contribution >= 4 is 16.5 Å². The summed E-state index contributed by atoms with van der Waals surface area (Å²) >= 11 is 0. The van der Waals surface area contributed by atoms with E-state index in [0.717, 1.165) is 6.67 Å². The van der Waals surface area contributed by atoms with Gasteiger partial charge in [0.05, 0.1) is 12.7 Å². The predicted octanol–water partition coefficient (Wildman–Crippen LogP) is 4.84. The van der Waals surface area contributed by atoms with Crippen molar-refractivity contribution in [3.63, 3.8) is 0 Å². The van der Waals surface area contributed by atoms with Crippen LogP contribution in [0.3, 0.4) is 0 Å². The summed E-state index contributed by atoms with van der Waals surface area (Å²) in [5, 5.41) is 9.81. The molecular formula is C24H18N2. The monoisotopic (exact) mass is 334 g/mol. The molecule has 0 saturated heterocycles. The molecule has 2 nitrogen and oxygen atoms in total. The summed E-state index contributed by atoms with van der Waals surface area (Å²) in [5.41, 5.74) is 9.25. The Kier molecular flexibility index (Phi) is 2.82. The third kappa shape index (κ3) is 1.80. The maximum absolute atomic E-state index is 3.59. The first-order valence-corrected chi connectivity index (χ1v) is 9.14. The van der Waals surface area contributed by atoms with Crippen LogP contribution in [-0.2, 0) is 0 Å². The summed E-state index contributed by atoms with van der Waals surface area (Å²) < 4.78 is 0. The van der Waals surface area contributed by atoms with Crippen LogP contribution in [0.25, 0.3) is 38.7 Å². The third-order valence-corrected chi connectivity index (χ3v) is 5.72. The van der Waals surface area contributed by atoms with Crippen molar-refractivity contribution in [3.8, 4) is 22.3 Å². The molecule has 0 saturated carbocycles. The lowest BCUT2D eigenvalue weighted by Crippen LogP contribution is -2.42. The standard InChI is InChI=1S/C24H18N2/c1-2-7-16-15(6-1)17-9-5-10-18-20(13-12-19(16)23(17)18)24-21-8-3-4-11-22(21)25-14-26-24/h1-13,22,25-26H,14H2. The molecule has 2 N–H and O–H groups in total. The van der Waals surface area contributed by atoms with Crippen molar-refractivity contribution in [1.29, 1.82) is 0 Å². The van der Waals surface area contributed by atoms with Crippen LogP contribution in [-0.4, -0.2) is 12.7 Å². The highest BCUT2D eigenvalue weighted by atomic mass is 15.1. The van der Waals surface area contributed by atoms with Crippen molar-refractivity contribution in [3.05, 3.63) is 90.0 Å². The number of nitrogens with one attached hydrogen (secondary N) is 2. The molecule has 6 rings (SSSR count). The Morgan fingerprint density at radius 2 is 1.50 bits per heavy atom. The molecule has 2 heteroatoms. The second-order valence-corrected chi connectivity index (χ2v) is 7.04. The van der Waals surface area contributed by atoms with E-state index in [9.17, 15) is 0 Å². The molecule has 0 fully saturated rings. The van der Waals surface area contributed by atoms with Crippen molar-refractivity contribution < 1.29 is 0 Å². The van der Waals surface area contributed by atoms with E-state index in [0.29, 0.717) is 0 Å². The lowest BCUT2D eigenvalue weighted by atomic mass is 9.91.